The molecule has 6 nitrogen and oxygen atoms in total. The molecule has 0 atom stereocenters. The van der Waals surface area contributed by atoms with E-state index in [0.29, 0.717) is 30.7 Å². The van der Waals surface area contributed by atoms with Gasteiger partial charge in [-0.1, -0.05) is 0 Å². The quantitative estimate of drug-likeness (QED) is 0.860. The van der Waals surface area contributed by atoms with Crippen LogP contribution in [0.15, 0.2) is 28.9 Å². The highest BCUT2D eigenvalue weighted by molar-refractivity contribution is 6.05. The number of amides is 2. The number of carbonyl (C=O) groups is 2. The number of hydrogen-bond donors (Lipinski definition) is 1. The third-order valence-corrected chi connectivity index (χ3v) is 4.48. The summed E-state index contributed by atoms with van der Waals surface area (Å²) in [7, 11) is 0. The lowest BCUT2D eigenvalue weighted by molar-refractivity contribution is -0.124. The van der Waals surface area contributed by atoms with Crippen LogP contribution in [-0.4, -0.2) is 48.6 Å². The van der Waals surface area contributed by atoms with Crippen LogP contribution in [0, 0.1) is 5.82 Å². The van der Waals surface area contributed by atoms with Crippen molar-refractivity contribution in [1.29, 1.82) is 0 Å². The normalized spacial score (nSPS) is 20.2. The summed E-state index contributed by atoms with van der Waals surface area (Å²) in [6.07, 6.45) is 1.64. The number of fused-ring (bicyclic) bond motifs is 1. The van der Waals surface area contributed by atoms with E-state index in [1.165, 1.54) is 18.4 Å². The Morgan fingerprint density at radius 3 is 2.91 bits per heavy atom. The predicted molar refractivity (Wildman–Crippen MR) is 78.4 cm³/mol. The Labute approximate surface area is 131 Å². The minimum absolute atomic E-state index is 0.103. The molecule has 23 heavy (non-hydrogen) atoms. The van der Waals surface area contributed by atoms with E-state index in [9.17, 15) is 14.0 Å². The standard InChI is InChI=1S/C16H15FN2O4/c17-11-5-10-2-4-23-14(10)12(6-11)15(21)19-3-1-13(20)18-7-16(19)8-22-9-16/h2,4-6H,1,3,7-9H2,(H,18,20). The fourth-order valence-electron chi connectivity index (χ4n) is 3.16. The molecule has 0 saturated carbocycles. The number of rotatable bonds is 1. The number of carbonyl (C=O) groups excluding carboxylic acids is 2. The average Bonchev–Trinajstić information content (AvgIpc) is 2.87. The van der Waals surface area contributed by atoms with E-state index in [0.717, 1.165) is 0 Å². The second kappa shape index (κ2) is 5.06. The Balaban J connectivity index is 1.76. The third-order valence-electron chi connectivity index (χ3n) is 4.48. The van der Waals surface area contributed by atoms with Gasteiger partial charge in [0.15, 0.2) is 0 Å². The van der Waals surface area contributed by atoms with Crippen LogP contribution >= 0.6 is 0 Å². The van der Waals surface area contributed by atoms with Gasteiger partial charge in [0.25, 0.3) is 5.91 Å². The van der Waals surface area contributed by atoms with Crippen molar-refractivity contribution < 1.29 is 23.1 Å². The second-order valence-electron chi connectivity index (χ2n) is 5.99. The topological polar surface area (TPSA) is 71.8 Å². The minimum atomic E-state index is -0.561. The van der Waals surface area contributed by atoms with E-state index >= 15 is 0 Å². The lowest BCUT2D eigenvalue weighted by Gasteiger charge is -2.48. The second-order valence-corrected chi connectivity index (χ2v) is 5.99. The van der Waals surface area contributed by atoms with Crippen molar-refractivity contribution in [1.82, 2.24) is 10.2 Å². The molecule has 1 N–H and O–H groups in total. The van der Waals surface area contributed by atoms with Gasteiger partial charge in [-0.05, 0) is 18.2 Å². The largest absolute Gasteiger partial charge is 0.464 e. The van der Waals surface area contributed by atoms with Crippen LogP contribution in [0.3, 0.4) is 0 Å². The Kier molecular flexibility index (Phi) is 3.12. The van der Waals surface area contributed by atoms with Crippen molar-refractivity contribution in [3.05, 3.63) is 35.8 Å². The molecular weight excluding hydrogens is 303 g/mol. The molecule has 2 aromatic rings. The molecule has 0 radical (unpaired) electrons. The van der Waals surface area contributed by atoms with Crippen molar-refractivity contribution in [3.8, 4) is 0 Å². The molecule has 2 aliphatic rings. The molecule has 7 heteroatoms. The van der Waals surface area contributed by atoms with Crippen LogP contribution in [0.2, 0.25) is 0 Å². The molecule has 1 aromatic carbocycles. The van der Waals surface area contributed by atoms with Gasteiger partial charge in [-0.25, -0.2) is 4.39 Å². The van der Waals surface area contributed by atoms with E-state index in [4.69, 9.17) is 9.15 Å². The number of ether oxygens (including phenoxy) is 1. The Morgan fingerprint density at radius 2 is 2.17 bits per heavy atom. The van der Waals surface area contributed by atoms with E-state index in [-0.39, 0.29) is 30.3 Å². The summed E-state index contributed by atoms with van der Waals surface area (Å²) in [4.78, 5) is 26.3. The zero-order valence-corrected chi connectivity index (χ0v) is 12.3. The van der Waals surface area contributed by atoms with E-state index < -0.39 is 11.4 Å². The van der Waals surface area contributed by atoms with Crippen molar-refractivity contribution in [2.45, 2.75) is 12.0 Å². The molecule has 2 amide bonds. The maximum absolute atomic E-state index is 13.8. The fourth-order valence-corrected chi connectivity index (χ4v) is 3.16. The van der Waals surface area contributed by atoms with Crippen LogP contribution in [0.5, 0.6) is 0 Å². The molecule has 2 aliphatic heterocycles. The Bertz CT molecular complexity index is 796. The molecule has 120 valence electrons. The number of nitrogens with one attached hydrogen (secondary N) is 1. The molecule has 0 bridgehead atoms. The Hall–Kier alpha value is -2.41. The summed E-state index contributed by atoms with van der Waals surface area (Å²) < 4.78 is 24.5. The smallest absolute Gasteiger partial charge is 0.258 e. The van der Waals surface area contributed by atoms with Gasteiger partial charge in [-0.3, -0.25) is 9.59 Å². The molecule has 1 spiro atoms. The molecule has 2 saturated heterocycles. The van der Waals surface area contributed by atoms with Crippen LogP contribution < -0.4 is 5.32 Å². The van der Waals surface area contributed by atoms with Gasteiger partial charge < -0.3 is 19.4 Å². The summed E-state index contributed by atoms with van der Waals surface area (Å²) in [6, 6.07) is 4.12. The van der Waals surface area contributed by atoms with E-state index in [1.807, 2.05) is 0 Å². The monoisotopic (exact) mass is 318 g/mol. The first-order chi connectivity index (χ1) is 11.1. The van der Waals surface area contributed by atoms with E-state index in [1.54, 1.807) is 11.0 Å². The number of halogens is 1. The van der Waals surface area contributed by atoms with Crippen molar-refractivity contribution in [2.24, 2.45) is 0 Å². The summed E-state index contributed by atoms with van der Waals surface area (Å²) in [6.45, 7) is 1.33. The molecule has 0 aliphatic carbocycles. The minimum Gasteiger partial charge on any atom is -0.464 e. The van der Waals surface area contributed by atoms with Crippen molar-refractivity contribution in [3.63, 3.8) is 0 Å². The molecular formula is C16H15FN2O4. The molecule has 0 unspecified atom stereocenters. The maximum Gasteiger partial charge on any atom is 0.258 e. The van der Waals surface area contributed by atoms with Gasteiger partial charge >= 0.3 is 0 Å². The van der Waals surface area contributed by atoms with Gasteiger partial charge in [-0.2, -0.15) is 0 Å². The fraction of sp³-hybridized carbons (Fsp3) is 0.375. The summed E-state index contributed by atoms with van der Waals surface area (Å²) in [5.74, 6) is -0.941. The van der Waals surface area contributed by atoms with Crippen molar-refractivity contribution in [2.75, 3.05) is 26.3 Å². The van der Waals surface area contributed by atoms with Gasteiger partial charge in [0.2, 0.25) is 5.91 Å². The van der Waals surface area contributed by atoms with Crippen LogP contribution in [0.4, 0.5) is 4.39 Å². The summed E-state index contributed by atoms with van der Waals surface area (Å²) in [5.41, 5.74) is -0.0324. The van der Waals surface area contributed by atoms with Crippen LogP contribution in [0.1, 0.15) is 16.8 Å². The lowest BCUT2D eigenvalue weighted by atomic mass is 9.93. The highest BCUT2D eigenvalue weighted by Gasteiger charge is 2.48. The molecule has 3 heterocycles. The number of benzene rings is 1. The highest BCUT2D eigenvalue weighted by atomic mass is 19.1. The molecule has 2 fully saturated rings. The zero-order chi connectivity index (χ0) is 16.0. The average molecular weight is 318 g/mol. The first kappa shape index (κ1) is 14.2. The molecule has 1 aromatic heterocycles. The lowest BCUT2D eigenvalue weighted by Crippen LogP contribution is -2.67. The van der Waals surface area contributed by atoms with Crippen molar-refractivity contribution >= 4 is 22.8 Å². The summed E-state index contributed by atoms with van der Waals surface area (Å²) in [5, 5.41) is 3.35. The maximum atomic E-state index is 13.8. The SMILES string of the molecule is O=C1CCN(C(=O)c2cc(F)cc3ccoc23)C2(CN1)COC2. The Morgan fingerprint density at radius 1 is 1.35 bits per heavy atom. The predicted octanol–water partition coefficient (Wildman–Crippen LogP) is 1.30. The number of nitrogens with zero attached hydrogens (tertiary/aromatic N) is 1. The van der Waals surface area contributed by atoms with Gasteiger partial charge in [0, 0.05) is 24.9 Å². The van der Waals surface area contributed by atoms with Gasteiger partial charge in [0.1, 0.15) is 16.9 Å². The first-order valence-electron chi connectivity index (χ1n) is 7.42. The van der Waals surface area contributed by atoms with Crippen LogP contribution in [0.25, 0.3) is 11.0 Å². The van der Waals surface area contributed by atoms with Crippen LogP contribution in [-0.2, 0) is 9.53 Å². The number of hydrogen-bond acceptors (Lipinski definition) is 4. The summed E-state index contributed by atoms with van der Waals surface area (Å²) >= 11 is 0. The number of furan rings is 1. The van der Waals surface area contributed by atoms with Gasteiger partial charge in [0.05, 0.1) is 25.0 Å². The third kappa shape index (κ3) is 2.19. The van der Waals surface area contributed by atoms with E-state index in [2.05, 4.69) is 5.32 Å². The molecule has 4 rings (SSSR count). The van der Waals surface area contributed by atoms with Gasteiger partial charge in [-0.15, -0.1) is 0 Å². The first-order valence-corrected chi connectivity index (χ1v) is 7.42. The highest BCUT2D eigenvalue weighted by Crippen LogP contribution is 2.31. The zero-order valence-electron chi connectivity index (χ0n) is 12.3.